The molecule has 2 aromatic carbocycles. The third kappa shape index (κ3) is 3.63. The zero-order chi connectivity index (χ0) is 19.7. The molecule has 2 heterocycles. The van der Waals surface area contributed by atoms with Crippen LogP contribution in [0.3, 0.4) is 0 Å². The summed E-state index contributed by atoms with van der Waals surface area (Å²) in [5.74, 6) is -1.78. The number of fused-ring (bicyclic) bond motifs is 1. The Labute approximate surface area is 161 Å². The second-order valence-electron chi connectivity index (χ2n) is 7.29. The van der Waals surface area contributed by atoms with E-state index in [0.717, 1.165) is 16.5 Å². The molecule has 28 heavy (non-hydrogen) atoms. The normalized spacial score (nSPS) is 17.8. The van der Waals surface area contributed by atoms with Crippen LogP contribution in [0.5, 0.6) is 0 Å². The quantitative estimate of drug-likeness (QED) is 0.615. The molecule has 0 unspecified atom stereocenters. The van der Waals surface area contributed by atoms with E-state index in [0.29, 0.717) is 25.2 Å². The lowest BCUT2D eigenvalue weighted by Crippen LogP contribution is -2.45. The zero-order valence-electron chi connectivity index (χ0n) is 15.3. The topological polar surface area (TPSA) is 25.2 Å². The maximum atomic E-state index is 13.2. The molecule has 1 fully saturated rings. The average molecular weight is 386 g/mol. The Bertz CT molecular complexity index is 978. The second-order valence-corrected chi connectivity index (χ2v) is 7.29. The maximum absolute atomic E-state index is 13.2. The average Bonchev–Trinajstić information content (AvgIpc) is 3.06. The van der Waals surface area contributed by atoms with Crippen LogP contribution in [0.15, 0.2) is 60.7 Å². The predicted molar refractivity (Wildman–Crippen MR) is 102 cm³/mol. The SMILES string of the molecule is O=C(c1cc2ccccc2n1Cc1ccccc1)N1CCC[C@@H](C(F)(F)F)C1. The van der Waals surface area contributed by atoms with E-state index in [1.165, 1.54) is 4.90 Å². The fourth-order valence-corrected chi connectivity index (χ4v) is 3.91. The van der Waals surface area contributed by atoms with E-state index in [1.807, 2.05) is 59.2 Å². The number of benzene rings is 2. The number of carbonyl (C=O) groups excluding carboxylic acids is 1. The molecule has 1 atom stereocenters. The van der Waals surface area contributed by atoms with Gasteiger partial charge in [-0.1, -0.05) is 48.5 Å². The molecule has 1 aliphatic rings. The summed E-state index contributed by atoms with van der Waals surface area (Å²) in [6.07, 6.45) is -3.81. The van der Waals surface area contributed by atoms with Gasteiger partial charge in [0.1, 0.15) is 5.69 Å². The molecule has 1 aliphatic heterocycles. The van der Waals surface area contributed by atoms with E-state index in [2.05, 4.69) is 0 Å². The second kappa shape index (κ2) is 7.34. The van der Waals surface area contributed by atoms with Crippen LogP contribution in [0.25, 0.3) is 10.9 Å². The first kappa shape index (κ1) is 18.6. The number of amides is 1. The Hall–Kier alpha value is -2.76. The number of piperidine rings is 1. The van der Waals surface area contributed by atoms with Crippen LogP contribution >= 0.6 is 0 Å². The fourth-order valence-electron chi connectivity index (χ4n) is 3.91. The van der Waals surface area contributed by atoms with Gasteiger partial charge in [0.05, 0.1) is 5.92 Å². The van der Waals surface area contributed by atoms with Crippen molar-refractivity contribution >= 4 is 16.8 Å². The van der Waals surface area contributed by atoms with Gasteiger partial charge < -0.3 is 9.47 Å². The van der Waals surface area contributed by atoms with E-state index in [4.69, 9.17) is 0 Å². The number of likely N-dealkylation sites (tertiary alicyclic amines) is 1. The number of rotatable bonds is 3. The number of alkyl halides is 3. The van der Waals surface area contributed by atoms with Gasteiger partial charge in [0, 0.05) is 30.5 Å². The van der Waals surface area contributed by atoms with Crippen LogP contribution in [0.1, 0.15) is 28.9 Å². The Morgan fingerprint density at radius 1 is 1.04 bits per heavy atom. The first-order valence-corrected chi connectivity index (χ1v) is 9.41. The van der Waals surface area contributed by atoms with Gasteiger partial charge in [0.25, 0.3) is 5.91 Å². The maximum Gasteiger partial charge on any atom is 0.393 e. The Balaban J connectivity index is 1.69. The molecule has 1 aromatic heterocycles. The summed E-state index contributed by atoms with van der Waals surface area (Å²) in [6.45, 7) is 0.583. The molecule has 1 amide bonds. The molecule has 3 aromatic rings. The van der Waals surface area contributed by atoms with Crippen molar-refractivity contribution in [3.8, 4) is 0 Å². The van der Waals surface area contributed by atoms with Crippen molar-refractivity contribution in [1.82, 2.24) is 9.47 Å². The minimum Gasteiger partial charge on any atom is -0.337 e. The Morgan fingerprint density at radius 2 is 1.75 bits per heavy atom. The number of nitrogens with zero attached hydrogens (tertiary/aromatic N) is 2. The predicted octanol–water partition coefficient (Wildman–Crippen LogP) is 5.10. The molecular weight excluding hydrogens is 365 g/mol. The van der Waals surface area contributed by atoms with Gasteiger partial charge in [-0.2, -0.15) is 13.2 Å². The zero-order valence-corrected chi connectivity index (χ0v) is 15.3. The van der Waals surface area contributed by atoms with Gasteiger partial charge in [0.2, 0.25) is 0 Å². The van der Waals surface area contributed by atoms with Gasteiger partial charge >= 0.3 is 6.18 Å². The van der Waals surface area contributed by atoms with Crippen LogP contribution in [-0.2, 0) is 6.54 Å². The first-order valence-electron chi connectivity index (χ1n) is 9.41. The van der Waals surface area contributed by atoms with Crippen molar-refractivity contribution in [3.63, 3.8) is 0 Å². The first-order chi connectivity index (χ1) is 13.4. The van der Waals surface area contributed by atoms with Crippen molar-refractivity contribution in [2.24, 2.45) is 5.92 Å². The van der Waals surface area contributed by atoms with Crippen molar-refractivity contribution in [2.75, 3.05) is 13.1 Å². The number of hydrogen-bond donors (Lipinski definition) is 0. The Kier molecular flexibility index (Phi) is 4.87. The molecule has 1 saturated heterocycles. The van der Waals surface area contributed by atoms with E-state index in [1.54, 1.807) is 6.07 Å². The van der Waals surface area contributed by atoms with Crippen molar-refractivity contribution < 1.29 is 18.0 Å². The summed E-state index contributed by atoms with van der Waals surface area (Å²) in [4.78, 5) is 14.5. The molecule has 0 N–H and O–H groups in total. The molecule has 3 nitrogen and oxygen atoms in total. The molecule has 0 spiro atoms. The van der Waals surface area contributed by atoms with E-state index >= 15 is 0 Å². The molecular formula is C22H21F3N2O. The monoisotopic (exact) mass is 386 g/mol. The standard InChI is InChI=1S/C22H21F3N2O/c23-22(24,25)18-10-6-12-26(15-18)21(28)20-13-17-9-4-5-11-19(17)27(20)14-16-7-2-1-3-8-16/h1-5,7-9,11,13,18H,6,10,12,14-15H2/t18-/m1/s1. The Morgan fingerprint density at radius 3 is 2.50 bits per heavy atom. The summed E-state index contributed by atoms with van der Waals surface area (Å²) in [5.41, 5.74) is 2.37. The van der Waals surface area contributed by atoms with Crippen LogP contribution in [-0.4, -0.2) is 34.6 Å². The van der Waals surface area contributed by atoms with Gasteiger partial charge in [-0.05, 0) is 30.5 Å². The molecule has 0 bridgehead atoms. The van der Waals surface area contributed by atoms with Crippen LogP contribution in [0.4, 0.5) is 13.2 Å². The smallest absolute Gasteiger partial charge is 0.337 e. The largest absolute Gasteiger partial charge is 0.393 e. The van der Waals surface area contributed by atoms with Crippen LogP contribution in [0, 0.1) is 5.92 Å². The van der Waals surface area contributed by atoms with Crippen molar-refractivity contribution in [2.45, 2.75) is 25.6 Å². The van der Waals surface area contributed by atoms with Gasteiger partial charge in [0.15, 0.2) is 0 Å². The lowest BCUT2D eigenvalue weighted by molar-refractivity contribution is -0.184. The molecule has 0 saturated carbocycles. The summed E-state index contributed by atoms with van der Waals surface area (Å²) >= 11 is 0. The highest BCUT2D eigenvalue weighted by Crippen LogP contribution is 2.34. The lowest BCUT2D eigenvalue weighted by Gasteiger charge is -2.34. The number of carbonyl (C=O) groups is 1. The molecule has 0 aliphatic carbocycles. The lowest BCUT2D eigenvalue weighted by atomic mass is 9.97. The highest BCUT2D eigenvalue weighted by atomic mass is 19.4. The van der Waals surface area contributed by atoms with E-state index in [-0.39, 0.29) is 18.9 Å². The van der Waals surface area contributed by atoms with Crippen molar-refractivity contribution in [3.05, 3.63) is 71.9 Å². The summed E-state index contributed by atoms with van der Waals surface area (Å²) in [6, 6.07) is 19.2. The fraction of sp³-hybridized carbons (Fsp3) is 0.318. The number of hydrogen-bond acceptors (Lipinski definition) is 1. The minimum atomic E-state index is -4.27. The van der Waals surface area contributed by atoms with Gasteiger partial charge in [-0.25, -0.2) is 0 Å². The number of para-hydroxylation sites is 1. The third-order valence-corrected chi connectivity index (χ3v) is 5.38. The summed E-state index contributed by atoms with van der Waals surface area (Å²) < 4.78 is 41.4. The minimum absolute atomic E-state index is 0.0836. The summed E-state index contributed by atoms with van der Waals surface area (Å²) in [7, 11) is 0. The number of aromatic nitrogens is 1. The van der Waals surface area contributed by atoms with Crippen LogP contribution in [0.2, 0.25) is 0 Å². The van der Waals surface area contributed by atoms with E-state index in [9.17, 15) is 18.0 Å². The highest BCUT2D eigenvalue weighted by Gasteiger charge is 2.43. The molecule has 6 heteroatoms. The summed E-state index contributed by atoms with van der Waals surface area (Å²) in [5, 5.41) is 0.908. The molecule has 146 valence electrons. The van der Waals surface area contributed by atoms with Crippen molar-refractivity contribution in [1.29, 1.82) is 0 Å². The third-order valence-electron chi connectivity index (χ3n) is 5.38. The molecule has 4 rings (SSSR count). The highest BCUT2D eigenvalue weighted by molar-refractivity contribution is 5.99. The van der Waals surface area contributed by atoms with Crippen LogP contribution < -0.4 is 0 Å². The molecule has 0 radical (unpaired) electrons. The van der Waals surface area contributed by atoms with E-state index < -0.39 is 12.1 Å². The van der Waals surface area contributed by atoms with Gasteiger partial charge in [-0.3, -0.25) is 4.79 Å². The van der Waals surface area contributed by atoms with Gasteiger partial charge in [-0.15, -0.1) is 0 Å². The number of halogens is 3.